The first-order valence-corrected chi connectivity index (χ1v) is 11.4. The summed E-state index contributed by atoms with van der Waals surface area (Å²) in [6.07, 6.45) is 2.15. The monoisotopic (exact) mass is 496 g/mol. The first kappa shape index (κ1) is 26.1. The smallest absolute Gasteiger partial charge is 0.306 e. The van der Waals surface area contributed by atoms with E-state index in [1.165, 1.54) is 10.7 Å². The number of aromatic nitrogens is 2. The van der Waals surface area contributed by atoms with Crippen LogP contribution in [0.25, 0.3) is 11.3 Å². The Morgan fingerprint density at radius 2 is 1.66 bits per heavy atom. The van der Waals surface area contributed by atoms with Crippen molar-refractivity contribution in [3.8, 4) is 11.3 Å². The third-order valence-corrected chi connectivity index (χ3v) is 6.29. The summed E-state index contributed by atoms with van der Waals surface area (Å²) in [4.78, 5) is 37.6. The molecule has 8 nitrogen and oxygen atoms in total. The van der Waals surface area contributed by atoms with Gasteiger partial charge in [-0.15, -0.1) is 12.4 Å². The molecule has 1 aliphatic carbocycles. The summed E-state index contributed by atoms with van der Waals surface area (Å²) in [6.45, 7) is 0.650. The van der Waals surface area contributed by atoms with E-state index in [2.05, 4.69) is 10.4 Å². The molecule has 0 aliphatic heterocycles. The molecule has 0 saturated heterocycles. The summed E-state index contributed by atoms with van der Waals surface area (Å²) >= 11 is 0. The highest BCUT2D eigenvalue weighted by Crippen LogP contribution is 2.25. The van der Waals surface area contributed by atoms with Gasteiger partial charge in [0, 0.05) is 18.2 Å². The molecule has 0 bridgehead atoms. The second-order valence-electron chi connectivity index (χ2n) is 8.65. The minimum absolute atomic E-state index is 0. The van der Waals surface area contributed by atoms with Crippen LogP contribution in [0, 0.1) is 5.92 Å². The lowest BCUT2D eigenvalue weighted by atomic mass is 9.86. The van der Waals surface area contributed by atoms with Crippen LogP contribution in [0.2, 0.25) is 0 Å². The van der Waals surface area contributed by atoms with Gasteiger partial charge in [-0.05, 0) is 42.9 Å². The molecule has 35 heavy (non-hydrogen) atoms. The minimum Gasteiger partial charge on any atom is -0.481 e. The first-order valence-electron chi connectivity index (χ1n) is 11.4. The van der Waals surface area contributed by atoms with E-state index in [1.807, 2.05) is 54.6 Å². The van der Waals surface area contributed by atoms with E-state index in [9.17, 15) is 19.5 Å². The highest BCUT2D eigenvalue weighted by atomic mass is 35.5. The SMILES string of the molecule is Cl.NCc1ccc(-c2cc(C(=O)NC3CCC(C(=O)O)CC3)c(=O)n(Cc3ccccc3)n2)cc1. The average Bonchev–Trinajstić information content (AvgIpc) is 2.86. The standard InChI is InChI=1S/C26H28N4O4.ClH/c27-15-17-6-8-19(9-7-17)23-14-22(24(31)28-21-12-10-20(11-13-21)26(33)34)25(32)30(29-23)16-18-4-2-1-3-5-18;/h1-9,14,20-21H,10-13,15-16,27H2,(H,28,31)(H,33,34);1H. The van der Waals surface area contributed by atoms with Crippen molar-refractivity contribution in [3.63, 3.8) is 0 Å². The van der Waals surface area contributed by atoms with Crippen molar-refractivity contribution in [2.45, 2.75) is 44.8 Å². The summed E-state index contributed by atoms with van der Waals surface area (Å²) in [5, 5.41) is 16.7. The molecule has 4 rings (SSSR count). The number of carboxylic acid groups (broad SMARTS) is 1. The maximum Gasteiger partial charge on any atom is 0.306 e. The zero-order chi connectivity index (χ0) is 24.1. The lowest BCUT2D eigenvalue weighted by Crippen LogP contribution is -2.42. The molecule has 1 saturated carbocycles. The summed E-state index contributed by atoms with van der Waals surface area (Å²) in [5.41, 5.74) is 8.40. The zero-order valence-electron chi connectivity index (χ0n) is 19.2. The summed E-state index contributed by atoms with van der Waals surface area (Å²) in [7, 11) is 0. The number of carbonyl (C=O) groups is 2. The quantitative estimate of drug-likeness (QED) is 0.461. The van der Waals surface area contributed by atoms with Crippen LogP contribution in [0.3, 0.4) is 0 Å². The summed E-state index contributed by atoms with van der Waals surface area (Å²) in [6, 6.07) is 18.4. The van der Waals surface area contributed by atoms with Gasteiger partial charge < -0.3 is 16.2 Å². The predicted molar refractivity (Wildman–Crippen MR) is 135 cm³/mol. The van der Waals surface area contributed by atoms with Crippen LogP contribution in [-0.2, 0) is 17.9 Å². The van der Waals surface area contributed by atoms with E-state index in [4.69, 9.17) is 5.73 Å². The minimum atomic E-state index is -0.798. The van der Waals surface area contributed by atoms with E-state index < -0.39 is 17.4 Å². The molecule has 1 aliphatic rings. The summed E-state index contributed by atoms with van der Waals surface area (Å²) < 4.78 is 1.32. The molecule has 4 N–H and O–H groups in total. The number of hydrogen-bond donors (Lipinski definition) is 3. The van der Waals surface area contributed by atoms with Crippen molar-refractivity contribution in [3.05, 3.63) is 87.7 Å². The Hall–Kier alpha value is -3.49. The van der Waals surface area contributed by atoms with Crippen molar-refractivity contribution >= 4 is 24.3 Å². The molecule has 0 atom stereocenters. The van der Waals surface area contributed by atoms with Crippen LogP contribution in [0.1, 0.15) is 47.2 Å². The topological polar surface area (TPSA) is 127 Å². The van der Waals surface area contributed by atoms with Crippen LogP contribution in [-0.4, -0.2) is 32.8 Å². The number of nitrogens with one attached hydrogen (secondary N) is 1. The normalized spacial score (nSPS) is 17.3. The van der Waals surface area contributed by atoms with Crippen molar-refractivity contribution in [2.24, 2.45) is 11.7 Å². The van der Waals surface area contributed by atoms with Gasteiger partial charge in [0.1, 0.15) is 5.56 Å². The van der Waals surface area contributed by atoms with Crippen molar-refractivity contribution in [2.75, 3.05) is 0 Å². The number of hydrogen-bond acceptors (Lipinski definition) is 5. The molecule has 0 unspecified atom stereocenters. The number of halogens is 1. The van der Waals surface area contributed by atoms with Gasteiger partial charge in [0.25, 0.3) is 11.5 Å². The molecule has 1 amide bonds. The molecule has 9 heteroatoms. The van der Waals surface area contributed by atoms with Crippen molar-refractivity contribution in [1.29, 1.82) is 0 Å². The van der Waals surface area contributed by atoms with Crippen molar-refractivity contribution in [1.82, 2.24) is 15.1 Å². The van der Waals surface area contributed by atoms with E-state index in [0.29, 0.717) is 37.9 Å². The molecule has 184 valence electrons. The lowest BCUT2D eigenvalue weighted by molar-refractivity contribution is -0.142. The number of nitrogens with zero attached hydrogens (tertiary/aromatic N) is 2. The van der Waals surface area contributed by atoms with Gasteiger partial charge >= 0.3 is 5.97 Å². The first-order chi connectivity index (χ1) is 16.4. The van der Waals surface area contributed by atoms with E-state index in [1.54, 1.807) is 0 Å². The highest BCUT2D eigenvalue weighted by molar-refractivity contribution is 5.95. The fourth-order valence-electron chi connectivity index (χ4n) is 4.27. The molecule has 1 heterocycles. The number of carboxylic acids is 1. The van der Waals surface area contributed by atoms with E-state index >= 15 is 0 Å². The molecule has 0 radical (unpaired) electrons. The van der Waals surface area contributed by atoms with Crippen LogP contribution in [0.4, 0.5) is 0 Å². The third-order valence-electron chi connectivity index (χ3n) is 6.29. The van der Waals surface area contributed by atoms with Crippen LogP contribution < -0.4 is 16.6 Å². The van der Waals surface area contributed by atoms with Gasteiger partial charge in [0.2, 0.25) is 0 Å². The Labute approximate surface area is 209 Å². The second kappa shape index (κ2) is 11.8. The van der Waals surface area contributed by atoms with Gasteiger partial charge in [0.15, 0.2) is 0 Å². The Morgan fingerprint density at radius 3 is 2.26 bits per heavy atom. The maximum absolute atomic E-state index is 13.2. The van der Waals surface area contributed by atoms with Gasteiger partial charge in [-0.3, -0.25) is 14.4 Å². The van der Waals surface area contributed by atoms with Gasteiger partial charge in [0.05, 0.1) is 18.2 Å². The number of rotatable bonds is 7. The number of amides is 1. The number of carbonyl (C=O) groups excluding carboxylic acids is 1. The fraction of sp³-hybridized carbons (Fsp3) is 0.308. The molecular formula is C26H29ClN4O4. The predicted octanol–water partition coefficient (Wildman–Crippen LogP) is 3.21. The Kier molecular flexibility index (Phi) is 8.78. The van der Waals surface area contributed by atoms with Gasteiger partial charge in [-0.2, -0.15) is 5.10 Å². The number of nitrogens with two attached hydrogens (primary N) is 1. The molecule has 1 fully saturated rings. The third kappa shape index (κ3) is 6.35. The largest absolute Gasteiger partial charge is 0.481 e. The Morgan fingerprint density at radius 1 is 1.00 bits per heavy atom. The average molecular weight is 497 g/mol. The molecule has 1 aromatic heterocycles. The lowest BCUT2D eigenvalue weighted by Gasteiger charge is -2.26. The molecular weight excluding hydrogens is 468 g/mol. The summed E-state index contributed by atoms with van der Waals surface area (Å²) in [5.74, 6) is -1.64. The number of aliphatic carboxylic acids is 1. The van der Waals surface area contributed by atoms with Crippen molar-refractivity contribution < 1.29 is 14.7 Å². The van der Waals surface area contributed by atoms with Crippen LogP contribution >= 0.6 is 12.4 Å². The zero-order valence-corrected chi connectivity index (χ0v) is 20.0. The van der Waals surface area contributed by atoms with Crippen LogP contribution in [0.5, 0.6) is 0 Å². The Bertz CT molecular complexity index is 1220. The van der Waals surface area contributed by atoms with E-state index in [0.717, 1.165) is 16.7 Å². The molecule has 0 spiro atoms. The number of benzene rings is 2. The van der Waals surface area contributed by atoms with Crippen LogP contribution in [0.15, 0.2) is 65.5 Å². The van der Waals surface area contributed by atoms with E-state index in [-0.39, 0.29) is 36.5 Å². The second-order valence-corrected chi connectivity index (χ2v) is 8.65. The van der Waals surface area contributed by atoms with Gasteiger partial charge in [-0.25, -0.2) is 4.68 Å². The fourth-order valence-corrected chi connectivity index (χ4v) is 4.27. The molecule has 3 aromatic rings. The maximum atomic E-state index is 13.2. The van der Waals surface area contributed by atoms with Gasteiger partial charge in [-0.1, -0.05) is 54.6 Å². The highest BCUT2D eigenvalue weighted by Gasteiger charge is 2.28. The molecule has 2 aromatic carbocycles. The Balaban J connectivity index is 0.00000342.